The number of pyridine rings is 1. The number of hydrogen-bond acceptors (Lipinski definition) is 5. The second kappa shape index (κ2) is 6.83. The van der Waals surface area contributed by atoms with Crippen LogP contribution in [0.4, 0.5) is 11.5 Å². The van der Waals surface area contributed by atoms with Gasteiger partial charge in [-0.1, -0.05) is 6.07 Å². The van der Waals surface area contributed by atoms with Gasteiger partial charge in [-0.05, 0) is 30.7 Å². The molecule has 27 heavy (non-hydrogen) atoms. The molecule has 1 aromatic carbocycles. The highest BCUT2D eigenvalue weighted by molar-refractivity contribution is 5.93. The molecule has 1 N–H and O–H groups in total. The predicted octanol–water partition coefficient (Wildman–Crippen LogP) is 2.95. The molecule has 7 nitrogen and oxygen atoms in total. The van der Waals surface area contributed by atoms with Gasteiger partial charge in [0.1, 0.15) is 25.6 Å². The van der Waals surface area contributed by atoms with Crippen molar-refractivity contribution in [1.82, 2.24) is 14.5 Å². The lowest BCUT2D eigenvalue weighted by atomic mass is 10.1. The van der Waals surface area contributed by atoms with E-state index in [2.05, 4.69) is 10.3 Å². The van der Waals surface area contributed by atoms with E-state index < -0.39 is 0 Å². The van der Waals surface area contributed by atoms with Crippen LogP contribution in [0.5, 0.6) is 11.5 Å². The predicted molar refractivity (Wildman–Crippen MR) is 104 cm³/mol. The summed E-state index contributed by atoms with van der Waals surface area (Å²) in [5, 5.41) is 4.31. The van der Waals surface area contributed by atoms with Gasteiger partial charge in [-0.25, -0.2) is 4.98 Å². The zero-order chi connectivity index (χ0) is 19.0. The van der Waals surface area contributed by atoms with Crippen LogP contribution in [0.2, 0.25) is 0 Å². The molecule has 0 aliphatic carbocycles. The van der Waals surface area contributed by atoms with Crippen LogP contribution >= 0.6 is 0 Å². The Balaban J connectivity index is 1.70. The topological polar surface area (TPSA) is 68.6 Å². The van der Waals surface area contributed by atoms with E-state index in [9.17, 15) is 4.79 Å². The Bertz CT molecular complexity index is 1010. The number of likely N-dealkylation sites (N-methyl/N-ethyl adjacent to an activating group) is 1. The summed E-state index contributed by atoms with van der Waals surface area (Å²) in [4.78, 5) is 18.1. The number of nitrogens with zero attached hydrogens (tertiary/aromatic N) is 3. The maximum Gasteiger partial charge on any atom is 0.241 e. The van der Waals surface area contributed by atoms with Gasteiger partial charge in [0, 0.05) is 31.9 Å². The maximum absolute atomic E-state index is 12.1. The zero-order valence-corrected chi connectivity index (χ0v) is 15.7. The van der Waals surface area contributed by atoms with Gasteiger partial charge in [-0.3, -0.25) is 4.79 Å². The van der Waals surface area contributed by atoms with E-state index in [4.69, 9.17) is 9.47 Å². The van der Waals surface area contributed by atoms with E-state index in [1.807, 2.05) is 42.0 Å². The normalized spacial score (nSPS) is 12.9. The molecular weight excluding hydrogens is 344 g/mol. The number of ether oxygens (including phenoxy) is 2. The molecule has 1 aliphatic rings. The van der Waals surface area contributed by atoms with Gasteiger partial charge in [0.2, 0.25) is 5.91 Å². The highest BCUT2D eigenvalue weighted by Crippen LogP contribution is 2.41. The van der Waals surface area contributed by atoms with Gasteiger partial charge in [0.25, 0.3) is 0 Å². The number of anilines is 2. The van der Waals surface area contributed by atoms with Crippen molar-refractivity contribution >= 4 is 28.3 Å². The molecular formula is C20H22N4O3. The van der Waals surface area contributed by atoms with Crippen LogP contribution in [0.15, 0.2) is 36.7 Å². The minimum atomic E-state index is 0.0389. The van der Waals surface area contributed by atoms with E-state index in [0.717, 1.165) is 27.9 Å². The van der Waals surface area contributed by atoms with E-state index >= 15 is 0 Å². The molecule has 140 valence electrons. The fourth-order valence-corrected chi connectivity index (χ4v) is 3.14. The zero-order valence-electron chi connectivity index (χ0n) is 15.7. The van der Waals surface area contributed by atoms with Crippen molar-refractivity contribution < 1.29 is 14.3 Å². The summed E-state index contributed by atoms with van der Waals surface area (Å²) in [6.07, 6.45) is 3.64. The molecule has 0 spiro atoms. The van der Waals surface area contributed by atoms with Crippen molar-refractivity contribution in [2.24, 2.45) is 0 Å². The smallest absolute Gasteiger partial charge is 0.241 e. The number of aromatic nitrogens is 2. The lowest BCUT2D eigenvalue weighted by molar-refractivity contribution is -0.129. The van der Waals surface area contributed by atoms with Gasteiger partial charge in [-0.2, -0.15) is 0 Å². The summed E-state index contributed by atoms with van der Waals surface area (Å²) in [5.74, 6) is 2.23. The third kappa shape index (κ3) is 3.16. The molecule has 4 rings (SSSR count). The van der Waals surface area contributed by atoms with Crippen LogP contribution in [0.1, 0.15) is 5.56 Å². The summed E-state index contributed by atoms with van der Waals surface area (Å²) in [6.45, 7) is 3.36. The molecule has 2 aromatic heterocycles. The van der Waals surface area contributed by atoms with E-state index in [1.54, 1.807) is 25.2 Å². The first-order chi connectivity index (χ1) is 13.0. The van der Waals surface area contributed by atoms with Crippen LogP contribution in [0.25, 0.3) is 10.9 Å². The second-order valence-electron chi connectivity index (χ2n) is 6.73. The molecule has 1 amide bonds. The monoisotopic (exact) mass is 366 g/mol. The molecule has 0 atom stereocenters. The molecule has 3 aromatic rings. The summed E-state index contributed by atoms with van der Waals surface area (Å²) in [6, 6.07) is 7.84. The Morgan fingerprint density at radius 3 is 2.74 bits per heavy atom. The van der Waals surface area contributed by atoms with Crippen molar-refractivity contribution in [3.05, 3.63) is 42.2 Å². The van der Waals surface area contributed by atoms with Gasteiger partial charge < -0.3 is 24.3 Å². The summed E-state index contributed by atoms with van der Waals surface area (Å²) in [5.41, 5.74) is 2.79. The third-order valence-corrected chi connectivity index (χ3v) is 4.64. The maximum atomic E-state index is 12.1. The standard InChI is InChI=1S/C20H22N4O3/c1-13-4-5-15(19-18(13)26-10-11-27-19)22-20-14-7-9-24(12-17(25)23(2)3)16(14)6-8-21-20/h4-9H,10-12H2,1-3H3,(H,21,22). The first kappa shape index (κ1) is 17.2. The minimum Gasteiger partial charge on any atom is -0.486 e. The van der Waals surface area contributed by atoms with E-state index in [-0.39, 0.29) is 12.5 Å². The first-order valence-electron chi connectivity index (χ1n) is 8.85. The number of benzene rings is 1. The van der Waals surface area contributed by atoms with Gasteiger partial charge >= 0.3 is 0 Å². The molecule has 3 heterocycles. The lowest BCUT2D eigenvalue weighted by Crippen LogP contribution is -2.25. The van der Waals surface area contributed by atoms with Crippen molar-refractivity contribution in [2.75, 3.05) is 32.6 Å². The average molecular weight is 366 g/mol. The summed E-state index contributed by atoms with van der Waals surface area (Å²) < 4.78 is 13.5. The Hall–Kier alpha value is -3.22. The summed E-state index contributed by atoms with van der Waals surface area (Å²) in [7, 11) is 3.51. The number of fused-ring (bicyclic) bond motifs is 2. The summed E-state index contributed by atoms with van der Waals surface area (Å²) >= 11 is 0. The van der Waals surface area contributed by atoms with Crippen LogP contribution in [-0.2, 0) is 11.3 Å². The Labute approximate surface area is 157 Å². The Morgan fingerprint density at radius 2 is 1.96 bits per heavy atom. The molecule has 0 saturated heterocycles. The number of carbonyl (C=O) groups is 1. The van der Waals surface area contributed by atoms with Crippen LogP contribution < -0.4 is 14.8 Å². The molecule has 0 radical (unpaired) electrons. The number of rotatable bonds is 4. The van der Waals surface area contributed by atoms with E-state index in [1.165, 1.54) is 0 Å². The fourth-order valence-electron chi connectivity index (χ4n) is 3.14. The number of carbonyl (C=O) groups excluding carboxylic acids is 1. The van der Waals surface area contributed by atoms with Crippen molar-refractivity contribution in [1.29, 1.82) is 0 Å². The molecule has 0 fully saturated rings. The quantitative estimate of drug-likeness (QED) is 0.769. The van der Waals surface area contributed by atoms with Crippen LogP contribution in [-0.4, -0.2) is 47.7 Å². The Morgan fingerprint density at radius 1 is 1.19 bits per heavy atom. The third-order valence-electron chi connectivity index (χ3n) is 4.64. The van der Waals surface area contributed by atoms with Crippen molar-refractivity contribution in [3.63, 3.8) is 0 Å². The number of hydrogen-bond donors (Lipinski definition) is 1. The molecule has 7 heteroatoms. The van der Waals surface area contributed by atoms with Gasteiger partial charge in [0.05, 0.1) is 11.2 Å². The van der Waals surface area contributed by atoms with Gasteiger partial charge in [-0.15, -0.1) is 0 Å². The minimum absolute atomic E-state index is 0.0389. The second-order valence-corrected chi connectivity index (χ2v) is 6.73. The lowest BCUT2D eigenvalue weighted by Gasteiger charge is -2.23. The molecule has 0 bridgehead atoms. The number of nitrogens with one attached hydrogen (secondary N) is 1. The van der Waals surface area contributed by atoms with Gasteiger partial charge in [0.15, 0.2) is 11.5 Å². The fraction of sp³-hybridized carbons (Fsp3) is 0.300. The highest BCUT2D eigenvalue weighted by Gasteiger charge is 2.19. The van der Waals surface area contributed by atoms with E-state index in [0.29, 0.717) is 24.8 Å². The van der Waals surface area contributed by atoms with Crippen LogP contribution in [0.3, 0.4) is 0 Å². The molecule has 0 saturated carbocycles. The SMILES string of the molecule is Cc1ccc(Nc2nccc3c2ccn3CC(=O)N(C)C)c2c1OCCO2. The number of aryl methyl sites for hydroxylation is 1. The average Bonchev–Trinajstić information content (AvgIpc) is 3.08. The van der Waals surface area contributed by atoms with Crippen LogP contribution in [0, 0.1) is 6.92 Å². The molecule has 0 unspecified atom stereocenters. The highest BCUT2D eigenvalue weighted by atomic mass is 16.6. The largest absolute Gasteiger partial charge is 0.486 e. The van der Waals surface area contributed by atoms with Crippen molar-refractivity contribution in [3.8, 4) is 11.5 Å². The van der Waals surface area contributed by atoms with Crippen molar-refractivity contribution in [2.45, 2.75) is 13.5 Å². The molecule has 1 aliphatic heterocycles. The first-order valence-corrected chi connectivity index (χ1v) is 8.85. The Kier molecular flexibility index (Phi) is 4.35. The number of amides is 1.